The first kappa shape index (κ1) is 8.98. The van der Waals surface area contributed by atoms with Gasteiger partial charge in [0, 0.05) is 5.56 Å². The average Bonchev–Trinajstić information content (AvgIpc) is 2.04. The lowest BCUT2D eigenvalue weighted by Crippen LogP contribution is -1.95. The van der Waals surface area contributed by atoms with Crippen molar-refractivity contribution in [3.8, 4) is 0 Å². The molecular formula is C11H14O. The van der Waals surface area contributed by atoms with Gasteiger partial charge >= 0.3 is 0 Å². The first-order valence-corrected chi connectivity index (χ1v) is 4.21. The Morgan fingerprint density at radius 3 is 2.50 bits per heavy atom. The standard InChI is InChI=1S/C11H14O/c1-8(2)11-6-4-5-10(7-12)9(11)3/h4-8H,1-3H3. The molecule has 0 aliphatic rings. The van der Waals surface area contributed by atoms with E-state index < -0.39 is 0 Å². The van der Waals surface area contributed by atoms with Gasteiger partial charge in [0.2, 0.25) is 0 Å². The van der Waals surface area contributed by atoms with Crippen LogP contribution in [-0.2, 0) is 0 Å². The van der Waals surface area contributed by atoms with Crippen LogP contribution in [0, 0.1) is 6.92 Å². The highest BCUT2D eigenvalue weighted by Crippen LogP contribution is 2.20. The molecular weight excluding hydrogens is 148 g/mol. The number of rotatable bonds is 2. The van der Waals surface area contributed by atoms with E-state index in [-0.39, 0.29) is 0 Å². The molecule has 1 heteroatoms. The summed E-state index contributed by atoms with van der Waals surface area (Å²) in [5.41, 5.74) is 3.18. The zero-order valence-electron chi connectivity index (χ0n) is 7.79. The van der Waals surface area contributed by atoms with Gasteiger partial charge in [-0.15, -0.1) is 0 Å². The van der Waals surface area contributed by atoms with Crippen LogP contribution in [-0.4, -0.2) is 6.29 Å². The Morgan fingerprint density at radius 2 is 2.00 bits per heavy atom. The largest absolute Gasteiger partial charge is 0.298 e. The molecule has 0 spiro atoms. The summed E-state index contributed by atoms with van der Waals surface area (Å²) in [6, 6.07) is 5.87. The summed E-state index contributed by atoms with van der Waals surface area (Å²) in [4.78, 5) is 10.6. The minimum Gasteiger partial charge on any atom is -0.298 e. The minimum atomic E-state index is 0.491. The number of aldehydes is 1. The molecule has 12 heavy (non-hydrogen) atoms. The van der Waals surface area contributed by atoms with Crippen molar-refractivity contribution in [1.82, 2.24) is 0 Å². The van der Waals surface area contributed by atoms with Crippen LogP contribution in [0.4, 0.5) is 0 Å². The van der Waals surface area contributed by atoms with Gasteiger partial charge < -0.3 is 0 Å². The molecule has 64 valence electrons. The number of hydrogen-bond donors (Lipinski definition) is 0. The van der Waals surface area contributed by atoms with Crippen molar-refractivity contribution in [1.29, 1.82) is 0 Å². The van der Waals surface area contributed by atoms with E-state index in [0.29, 0.717) is 5.92 Å². The van der Waals surface area contributed by atoms with Crippen LogP contribution >= 0.6 is 0 Å². The topological polar surface area (TPSA) is 17.1 Å². The summed E-state index contributed by atoms with van der Waals surface area (Å²) in [7, 11) is 0. The van der Waals surface area contributed by atoms with Gasteiger partial charge in [0.05, 0.1) is 0 Å². The first-order valence-electron chi connectivity index (χ1n) is 4.21. The van der Waals surface area contributed by atoms with Crippen LogP contribution < -0.4 is 0 Å². The zero-order chi connectivity index (χ0) is 9.14. The third-order valence-corrected chi connectivity index (χ3v) is 2.17. The van der Waals surface area contributed by atoms with E-state index in [2.05, 4.69) is 19.9 Å². The molecule has 0 fully saturated rings. The molecule has 0 N–H and O–H groups in total. The van der Waals surface area contributed by atoms with Gasteiger partial charge in [-0.1, -0.05) is 32.0 Å². The maximum Gasteiger partial charge on any atom is 0.150 e. The van der Waals surface area contributed by atoms with E-state index in [1.807, 2.05) is 19.1 Å². The lowest BCUT2D eigenvalue weighted by atomic mass is 9.95. The maximum atomic E-state index is 10.6. The molecule has 0 amide bonds. The third-order valence-electron chi connectivity index (χ3n) is 2.17. The van der Waals surface area contributed by atoms with Crippen molar-refractivity contribution in [2.45, 2.75) is 26.7 Å². The molecule has 0 heterocycles. The summed E-state index contributed by atoms with van der Waals surface area (Å²) in [6.07, 6.45) is 0.918. The summed E-state index contributed by atoms with van der Waals surface area (Å²) in [5, 5.41) is 0. The predicted molar refractivity (Wildman–Crippen MR) is 50.7 cm³/mol. The Labute approximate surface area is 73.4 Å². The fourth-order valence-corrected chi connectivity index (χ4v) is 1.43. The van der Waals surface area contributed by atoms with Crippen LogP contribution in [0.25, 0.3) is 0 Å². The Hall–Kier alpha value is -1.11. The van der Waals surface area contributed by atoms with Gasteiger partial charge in [-0.3, -0.25) is 4.79 Å². The fraction of sp³-hybridized carbons (Fsp3) is 0.364. The number of carbonyl (C=O) groups excluding carboxylic acids is 1. The summed E-state index contributed by atoms with van der Waals surface area (Å²) >= 11 is 0. The second-order valence-corrected chi connectivity index (χ2v) is 3.33. The van der Waals surface area contributed by atoms with Gasteiger partial charge in [0.15, 0.2) is 0 Å². The van der Waals surface area contributed by atoms with E-state index in [0.717, 1.165) is 17.4 Å². The van der Waals surface area contributed by atoms with Crippen molar-refractivity contribution < 1.29 is 4.79 Å². The van der Waals surface area contributed by atoms with E-state index in [9.17, 15) is 4.79 Å². The lowest BCUT2D eigenvalue weighted by Gasteiger charge is -2.10. The maximum absolute atomic E-state index is 10.6. The Kier molecular flexibility index (Phi) is 2.64. The summed E-state index contributed by atoms with van der Waals surface area (Å²) < 4.78 is 0. The molecule has 1 aromatic rings. The lowest BCUT2D eigenvalue weighted by molar-refractivity contribution is 0.112. The first-order chi connectivity index (χ1) is 5.66. The van der Waals surface area contributed by atoms with Crippen LogP contribution in [0.15, 0.2) is 18.2 Å². The Balaban J connectivity index is 3.22. The van der Waals surface area contributed by atoms with Gasteiger partial charge in [-0.25, -0.2) is 0 Å². The second kappa shape index (κ2) is 3.53. The quantitative estimate of drug-likeness (QED) is 0.611. The average molecular weight is 162 g/mol. The molecule has 0 aromatic heterocycles. The van der Waals surface area contributed by atoms with Gasteiger partial charge in [0.25, 0.3) is 0 Å². The van der Waals surface area contributed by atoms with Crippen LogP contribution in [0.3, 0.4) is 0 Å². The molecule has 0 aliphatic carbocycles. The molecule has 0 radical (unpaired) electrons. The monoisotopic (exact) mass is 162 g/mol. The van der Waals surface area contributed by atoms with Crippen LogP contribution in [0.2, 0.25) is 0 Å². The number of carbonyl (C=O) groups is 1. The fourth-order valence-electron chi connectivity index (χ4n) is 1.43. The van der Waals surface area contributed by atoms with E-state index >= 15 is 0 Å². The molecule has 0 atom stereocenters. The molecule has 0 bridgehead atoms. The molecule has 0 unspecified atom stereocenters. The van der Waals surface area contributed by atoms with Gasteiger partial charge in [-0.2, -0.15) is 0 Å². The molecule has 1 rings (SSSR count). The van der Waals surface area contributed by atoms with E-state index in [1.54, 1.807) is 0 Å². The number of benzene rings is 1. The minimum absolute atomic E-state index is 0.491. The van der Waals surface area contributed by atoms with Crippen molar-refractivity contribution in [2.75, 3.05) is 0 Å². The zero-order valence-corrected chi connectivity index (χ0v) is 7.79. The smallest absolute Gasteiger partial charge is 0.150 e. The van der Waals surface area contributed by atoms with Crippen molar-refractivity contribution >= 4 is 6.29 Å². The highest BCUT2D eigenvalue weighted by molar-refractivity contribution is 5.77. The Bertz CT molecular complexity index is 287. The van der Waals surface area contributed by atoms with Crippen LogP contribution in [0.5, 0.6) is 0 Å². The highest BCUT2D eigenvalue weighted by Gasteiger charge is 2.05. The van der Waals surface area contributed by atoms with Gasteiger partial charge in [0.1, 0.15) is 6.29 Å². The third kappa shape index (κ3) is 1.55. The summed E-state index contributed by atoms with van der Waals surface area (Å²) in [5.74, 6) is 0.491. The van der Waals surface area contributed by atoms with Crippen LogP contribution in [0.1, 0.15) is 41.3 Å². The summed E-state index contributed by atoms with van der Waals surface area (Å²) in [6.45, 7) is 6.27. The van der Waals surface area contributed by atoms with Crippen molar-refractivity contribution in [3.63, 3.8) is 0 Å². The van der Waals surface area contributed by atoms with Crippen molar-refractivity contribution in [3.05, 3.63) is 34.9 Å². The second-order valence-electron chi connectivity index (χ2n) is 3.33. The number of hydrogen-bond acceptors (Lipinski definition) is 1. The van der Waals surface area contributed by atoms with E-state index in [4.69, 9.17) is 0 Å². The molecule has 0 aliphatic heterocycles. The molecule has 1 aromatic carbocycles. The SMILES string of the molecule is Cc1c(C=O)cccc1C(C)C. The molecule has 0 saturated carbocycles. The molecule has 0 saturated heterocycles. The predicted octanol–water partition coefficient (Wildman–Crippen LogP) is 2.93. The normalized spacial score (nSPS) is 10.3. The molecule has 1 nitrogen and oxygen atoms in total. The van der Waals surface area contributed by atoms with Crippen molar-refractivity contribution in [2.24, 2.45) is 0 Å². The van der Waals surface area contributed by atoms with E-state index in [1.165, 1.54) is 5.56 Å². The van der Waals surface area contributed by atoms with Gasteiger partial charge in [-0.05, 0) is 24.0 Å². The Morgan fingerprint density at radius 1 is 1.33 bits per heavy atom. The highest BCUT2D eigenvalue weighted by atomic mass is 16.1.